The number of carbonyl (C=O) groups excluding carboxylic acids is 1. The fourth-order valence-corrected chi connectivity index (χ4v) is 2.69. The van der Waals surface area contributed by atoms with Crippen molar-refractivity contribution in [3.8, 4) is 0 Å². The van der Waals surface area contributed by atoms with Crippen molar-refractivity contribution in [2.24, 2.45) is 0 Å². The number of rotatable bonds is 5. The van der Waals surface area contributed by atoms with Crippen LogP contribution in [0.1, 0.15) is 27.2 Å². The van der Waals surface area contributed by atoms with E-state index in [1.807, 2.05) is 19.1 Å². The van der Waals surface area contributed by atoms with E-state index in [0.29, 0.717) is 17.8 Å². The smallest absolute Gasteiger partial charge is 0.379 e. The predicted molar refractivity (Wildman–Crippen MR) is 102 cm³/mol. The third-order valence-corrected chi connectivity index (χ3v) is 4.05. The second kappa shape index (κ2) is 8.12. The van der Waals surface area contributed by atoms with Crippen molar-refractivity contribution in [3.63, 3.8) is 0 Å². The molecule has 0 aliphatic heterocycles. The van der Waals surface area contributed by atoms with E-state index in [9.17, 15) is 18.0 Å². The Balaban J connectivity index is 1.76. The van der Waals surface area contributed by atoms with E-state index in [1.165, 1.54) is 12.1 Å². The van der Waals surface area contributed by atoms with Crippen LogP contribution in [0.3, 0.4) is 0 Å². The number of anilines is 2. The SMILES string of the molecule is Cc1ccnc(CNc2ccccc2C(=O)Nc2cccc(C(F)(F)F)c2)c1. The molecule has 2 aromatic carbocycles. The van der Waals surface area contributed by atoms with Gasteiger partial charge < -0.3 is 10.6 Å². The summed E-state index contributed by atoms with van der Waals surface area (Å²) >= 11 is 0. The van der Waals surface area contributed by atoms with Crippen LogP contribution in [0.5, 0.6) is 0 Å². The highest BCUT2D eigenvalue weighted by Gasteiger charge is 2.30. The van der Waals surface area contributed by atoms with E-state index in [1.54, 1.807) is 30.5 Å². The van der Waals surface area contributed by atoms with Crippen LogP contribution in [-0.2, 0) is 12.7 Å². The summed E-state index contributed by atoms with van der Waals surface area (Å²) in [7, 11) is 0. The van der Waals surface area contributed by atoms with Crippen LogP contribution in [0.15, 0.2) is 66.9 Å². The molecule has 1 aromatic heterocycles. The highest BCUT2D eigenvalue weighted by Crippen LogP contribution is 2.31. The summed E-state index contributed by atoms with van der Waals surface area (Å²) in [5, 5.41) is 5.68. The average molecular weight is 385 g/mol. The van der Waals surface area contributed by atoms with E-state index in [-0.39, 0.29) is 5.69 Å². The number of hydrogen-bond acceptors (Lipinski definition) is 3. The van der Waals surface area contributed by atoms with Crippen LogP contribution in [0.2, 0.25) is 0 Å². The quantitative estimate of drug-likeness (QED) is 0.629. The van der Waals surface area contributed by atoms with Gasteiger partial charge in [0, 0.05) is 17.6 Å². The van der Waals surface area contributed by atoms with Gasteiger partial charge in [0.25, 0.3) is 5.91 Å². The molecule has 0 spiro atoms. The number of carbonyl (C=O) groups is 1. The third kappa shape index (κ3) is 4.88. The molecule has 0 atom stereocenters. The van der Waals surface area contributed by atoms with Gasteiger partial charge >= 0.3 is 6.18 Å². The normalized spacial score (nSPS) is 11.1. The van der Waals surface area contributed by atoms with Crippen molar-refractivity contribution in [2.45, 2.75) is 19.6 Å². The van der Waals surface area contributed by atoms with E-state index < -0.39 is 17.6 Å². The van der Waals surface area contributed by atoms with Gasteiger partial charge in [-0.3, -0.25) is 9.78 Å². The number of amides is 1. The summed E-state index contributed by atoms with van der Waals surface area (Å²) in [6, 6.07) is 15.2. The molecule has 3 rings (SSSR count). The molecule has 0 saturated carbocycles. The predicted octanol–water partition coefficient (Wildman–Crippen LogP) is 5.27. The van der Waals surface area contributed by atoms with E-state index in [2.05, 4.69) is 15.6 Å². The molecule has 4 nitrogen and oxygen atoms in total. The van der Waals surface area contributed by atoms with Crippen LogP contribution in [-0.4, -0.2) is 10.9 Å². The lowest BCUT2D eigenvalue weighted by Crippen LogP contribution is -2.15. The van der Waals surface area contributed by atoms with E-state index >= 15 is 0 Å². The van der Waals surface area contributed by atoms with Gasteiger partial charge in [0.2, 0.25) is 0 Å². The number of aryl methyl sites for hydroxylation is 1. The minimum Gasteiger partial charge on any atom is -0.379 e. The van der Waals surface area contributed by atoms with Gasteiger partial charge in [-0.05, 0) is 55.0 Å². The molecule has 7 heteroatoms. The van der Waals surface area contributed by atoms with Crippen molar-refractivity contribution in [3.05, 3.63) is 89.2 Å². The summed E-state index contributed by atoms with van der Waals surface area (Å²) in [6.07, 6.45) is -2.76. The Kier molecular flexibility index (Phi) is 5.63. The largest absolute Gasteiger partial charge is 0.416 e. The molecule has 2 N–H and O–H groups in total. The molecule has 0 radical (unpaired) electrons. The number of hydrogen-bond donors (Lipinski definition) is 2. The molecule has 3 aromatic rings. The van der Waals surface area contributed by atoms with Crippen LogP contribution in [0, 0.1) is 6.92 Å². The number of benzene rings is 2. The maximum Gasteiger partial charge on any atom is 0.416 e. The van der Waals surface area contributed by atoms with Crippen molar-refractivity contribution < 1.29 is 18.0 Å². The van der Waals surface area contributed by atoms with Crippen molar-refractivity contribution in [1.82, 2.24) is 4.98 Å². The zero-order valence-electron chi connectivity index (χ0n) is 15.0. The first-order chi connectivity index (χ1) is 13.3. The van der Waals surface area contributed by atoms with E-state index in [4.69, 9.17) is 0 Å². The Hall–Kier alpha value is -3.35. The van der Waals surface area contributed by atoms with Gasteiger partial charge in [-0.15, -0.1) is 0 Å². The first-order valence-electron chi connectivity index (χ1n) is 8.56. The van der Waals surface area contributed by atoms with Gasteiger partial charge in [-0.1, -0.05) is 18.2 Å². The molecular weight excluding hydrogens is 367 g/mol. The molecular formula is C21H18F3N3O. The van der Waals surface area contributed by atoms with Gasteiger partial charge in [0.15, 0.2) is 0 Å². The standard InChI is InChI=1S/C21H18F3N3O/c1-14-9-10-25-17(11-14)13-26-19-8-3-2-7-18(19)20(28)27-16-6-4-5-15(12-16)21(22,23)24/h2-12,26H,13H2,1H3,(H,27,28). The first-order valence-corrected chi connectivity index (χ1v) is 8.56. The highest BCUT2D eigenvalue weighted by atomic mass is 19.4. The molecule has 1 amide bonds. The second-order valence-corrected chi connectivity index (χ2v) is 6.26. The van der Waals surface area contributed by atoms with Crippen molar-refractivity contribution in [2.75, 3.05) is 10.6 Å². The monoisotopic (exact) mass is 385 g/mol. The zero-order chi connectivity index (χ0) is 20.1. The number of para-hydroxylation sites is 1. The molecule has 0 saturated heterocycles. The molecule has 0 unspecified atom stereocenters. The van der Waals surface area contributed by atoms with Gasteiger partial charge in [-0.2, -0.15) is 13.2 Å². The fourth-order valence-electron chi connectivity index (χ4n) is 2.69. The molecule has 144 valence electrons. The fraction of sp³-hybridized carbons (Fsp3) is 0.143. The van der Waals surface area contributed by atoms with Crippen LogP contribution in [0.4, 0.5) is 24.5 Å². The number of alkyl halides is 3. The van der Waals surface area contributed by atoms with Crippen LogP contribution in [0.25, 0.3) is 0 Å². The summed E-state index contributed by atoms with van der Waals surface area (Å²) in [6.45, 7) is 2.37. The second-order valence-electron chi connectivity index (χ2n) is 6.26. The maximum absolute atomic E-state index is 12.9. The number of pyridine rings is 1. The topological polar surface area (TPSA) is 54.0 Å². The lowest BCUT2D eigenvalue weighted by Gasteiger charge is -2.13. The molecule has 0 aliphatic carbocycles. The van der Waals surface area contributed by atoms with Gasteiger partial charge in [0.05, 0.1) is 23.4 Å². The molecule has 0 aliphatic rings. The Morgan fingerprint density at radius 1 is 1.04 bits per heavy atom. The maximum atomic E-state index is 12.9. The Morgan fingerprint density at radius 2 is 1.82 bits per heavy atom. The minimum atomic E-state index is -4.47. The summed E-state index contributed by atoms with van der Waals surface area (Å²) in [4.78, 5) is 16.9. The number of halogens is 3. The lowest BCUT2D eigenvalue weighted by atomic mass is 10.1. The Morgan fingerprint density at radius 3 is 2.57 bits per heavy atom. The summed E-state index contributed by atoms with van der Waals surface area (Å²) in [5.74, 6) is -0.500. The zero-order valence-corrected chi connectivity index (χ0v) is 15.0. The van der Waals surface area contributed by atoms with Crippen LogP contribution >= 0.6 is 0 Å². The summed E-state index contributed by atoms with van der Waals surface area (Å²) < 4.78 is 38.6. The van der Waals surface area contributed by atoms with E-state index in [0.717, 1.165) is 23.4 Å². The molecule has 28 heavy (non-hydrogen) atoms. The van der Waals surface area contributed by atoms with Crippen molar-refractivity contribution in [1.29, 1.82) is 0 Å². The number of nitrogens with one attached hydrogen (secondary N) is 2. The molecule has 1 heterocycles. The Bertz CT molecular complexity index is 986. The average Bonchev–Trinajstić information content (AvgIpc) is 2.66. The first kappa shape index (κ1) is 19.4. The van der Waals surface area contributed by atoms with Gasteiger partial charge in [-0.25, -0.2) is 0 Å². The minimum absolute atomic E-state index is 0.0787. The third-order valence-electron chi connectivity index (χ3n) is 4.05. The van der Waals surface area contributed by atoms with Crippen LogP contribution < -0.4 is 10.6 Å². The van der Waals surface area contributed by atoms with Crippen molar-refractivity contribution >= 4 is 17.3 Å². The molecule has 0 fully saturated rings. The summed E-state index contributed by atoms with van der Waals surface area (Å²) in [5.41, 5.74) is 2.04. The van der Waals surface area contributed by atoms with Gasteiger partial charge in [0.1, 0.15) is 0 Å². The highest BCUT2D eigenvalue weighted by molar-refractivity contribution is 6.08. The molecule has 0 bridgehead atoms. The number of nitrogens with zero attached hydrogens (tertiary/aromatic N) is 1. The number of aromatic nitrogens is 1. The lowest BCUT2D eigenvalue weighted by molar-refractivity contribution is -0.137. The Labute approximate surface area is 160 Å².